The Morgan fingerprint density at radius 1 is 1.04 bits per heavy atom. The maximum Gasteiger partial charge on any atom is 0.161 e. The van der Waals surface area contributed by atoms with Crippen LogP contribution in [0.3, 0.4) is 0 Å². The van der Waals surface area contributed by atoms with Crippen LogP contribution in [0.1, 0.15) is 35.0 Å². The van der Waals surface area contributed by atoms with Crippen molar-refractivity contribution in [3.05, 3.63) is 39.3 Å². The van der Waals surface area contributed by atoms with Crippen molar-refractivity contribution in [3.63, 3.8) is 0 Å². The van der Waals surface area contributed by atoms with Gasteiger partial charge in [-0.15, -0.1) is 11.3 Å². The van der Waals surface area contributed by atoms with Gasteiger partial charge in [0.1, 0.15) is 0 Å². The molecule has 0 saturated carbocycles. The van der Waals surface area contributed by atoms with Gasteiger partial charge < -0.3 is 14.4 Å². The van der Waals surface area contributed by atoms with E-state index in [1.54, 1.807) is 25.6 Å². The zero-order valence-corrected chi connectivity index (χ0v) is 17.1. The van der Waals surface area contributed by atoms with Gasteiger partial charge in [-0.3, -0.25) is 0 Å². The van der Waals surface area contributed by atoms with Gasteiger partial charge >= 0.3 is 0 Å². The van der Waals surface area contributed by atoms with Gasteiger partial charge in [-0.2, -0.15) is 0 Å². The molecule has 1 aliphatic rings. The lowest BCUT2D eigenvalue weighted by Crippen LogP contribution is -2.44. The van der Waals surface area contributed by atoms with Crippen LogP contribution in [0.2, 0.25) is 0 Å². The maximum absolute atomic E-state index is 5.56. The molecule has 1 aromatic carbocycles. The molecule has 1 aromatic heterocycles. The second kappa shape index (κ2) is 6.29. The monoisotopic (exact) mass is 360 g/mol. The minimum Gasteiger partial charge on any atom is -0.493 e. The Balaban J connectivity index is 2.16. The first-order chi connectivity index (χ1) is 11.7. The highest BCUT2D eigenvalue weighted by atomic mass is 32.1. The second-order valence-corrected chi connectivity index (χ2v) is 8.95. The average molecular weight is 361 g/mol. The molecule has 5 heteroatoms. The van der Waals surface area contributed by atoms with Gasteiger partial charge in [-0.05, 0) is 38.6 Å². The molecule has 2 heterocycles. The van der Waals surface area contributed by atoms with E-state index in [1.165, 1.54) is 16.1 Å². The Morgan fingerprint density at radius 3 is 2.24 bits per heavy atom. The Kier molecular flexibility index (Phi) is 4.58. The van der Waals surface area contributed by atoms with Crippen molar-refractivity contribution in [1.29, 1.82) is 0 Å². The maximum atomic E-state index is 5.56. The van der Waals surface area contributed by atoms with Crippen LogP contribution in [0.25, 0.3) is 0 Å². The Hall–Kier alpha value is -1.59. The fraction of sp³-hybridized carbons (Fsp3) is 0.550. The third kappa shape index (κ3) is 2.74. The summed E-state index contributed by atoms with van der Waals surface area (Å²) in [5.74, 6) is 1.55. The summed E-state index contributed by atoms with van der Waals surface area (Å²) < 4.78 is 11.0. The van der Waals surface area contributed by atoms with Crippen LogP contribution < -0.4 is 9.47 Å². The van der Waals surface area contributed by atoms with Crippen molar-refractivity contribution in [2.24, 2.45) is 0 Å². The van der Waals surface area contributed by atoms with Crippen LogP contribution in [0.5, 0.6) is 11.5 Å². The van der Waals surface area contributed by atoms with E-state index in [4.69, 9.17) is 14.5 Å². The Labute approximate surface area is 154 Å². The molecule has 1 fully saturated rings. The molecule has 2 aromatic rings. The lowest BCUT2D eigenvalue weighted by molar-refractivity contribution is 0.319. The molecule has 0 amide bonds. The minimum atomic E-state index is -0.0629. The third-order valence-electron chi connectivity index (χ3n) is 5.84. The quantitative estimate of drug-likeness (QED) is 0.827. The normalized spacial score (nSPS) is 26.8. The number of likely N-dealkylation sites (N-methyl/N-ethyl adjacent to an activating group) is 1. The number of hydrogen-bond donors (Lipinski definition) is 0. The number of rotatable bonds is 4. The van der Waals surface area contributed by atoms with E-state index in [1.807, 2.05) is 6.07 Å². The molecule has 4 nitrogen and oxygen atoms in total. The first-order valence-corrected chi connectivity index (χ1v) is 9.42. The SMILES string of the molecule is COc1ccc(C2(C)CN(C)CC2(C)c2nc(C)sc2C)cc1OC. The summed E-state index contributed by atoms with van der Waals surface area (Å²) in [7, 11) is 5.56. The van der Waals surface area contributed by atoms with Crippen LogP contribution in [0.4, 0.5) is 0 Å². The highest BCUT2D eigenvalue weighted by molar-refractivity contribution is 7.11. The van der Waals surface area contributed by atoms with Crippen LogP contribution in [-0.4, -0.2) is 44.2 Å². The number of likely N-dealkylation sites (tertiary alicyclic amines) is 1. The van der Waals surface area contributed by atoms with E-state index in [0.29, 0.717) is 0 Å². The highest BCUT2D eigenvalue weighted by Crippen LogP contribution is 2.51. The van der Waals surface area contributed by atoms with E-state index in [-0.39, 0.29) is 10.8 Å². The minimum absolute atomic E-state index is 0.0593. The van der Waals surface area contributed by atoms with E-state index >= 15 is 0 Å². The number of thiazole rings is 1. The fourth-order valence-electron chi connectivity index (χ4n) is 4.45. The molecule has 2 unspecified atom stereocenters. The van der Waals surface area contributed by atoms with Crippen molar-refractivity contribution in [1.82, 2.24) is 9.88 Å². The molecule has 0 spiro atoms. The van der Waals surface area contributed by atoms with Crippen LogP contribution in [0.15, 0.2) is 18.2 Å². The second-order valence-electron chi connectivity index (χ2n) is 7.54. The predicted molar refractivity (Wildman–Crippen MR) is 103 cm³/mol. The highest BCUT2D eigenvalue weighted by Gasteiger charge is 2.54. The summed E-state index contributed by atoms with van der Waals surface area (Å²) in [5, 5.41) is 1.14. The summed E-state index contributed by atoms with van der Waals surface area (Å²) in [6.45, 7) is 11.0. The van der Waals surface area contributed by atoms with Crippen LogP contribution in [0, 0.1) is 13.8 Å². The lowest BCUT2D eigenvalue weighted by atomic mass is 9.62. The van der Waals surface area contributed by atoms with E-state index in [2.05, 4.69) is 51.8 Å². The van der Waals surface area contributed by atoms with Gasteiger partial charge in [-0.25, -0.2) is 4.98 Å². The summed E-state index contributed by atoms with van der Waals surface area (Å²) in [5.41, 5.74) is 2.38. The molecule has 1 aliphatic heterocycles. The first-order valence-electron chi connectivity index (χ1n) is 8.61. The summed E-state index contributed by atoms with van der Waals surface area (Å²) >= 11 is 1.79. The topological polar surface area (TPSA) is 34.6 Å². The number of methoxy groups -OCH3 is 2. The van der Waals surface area contributed by atoms with Crippen LogP contribution >= 0.6 is 11.3 Å². The molecule has 1 saturated heterocycles. The molecule has 2 atom stereocenters. The molecule has 136 valence electrons. The van der Waals surface area contributed by atoms with Gasteiger partial charge in [0, 0.05) is 28.8 Å². The van der Waals surface area contributed by atoms with Gasteiger partial charge in [0.2, 0.25) is 0 Å². The molecule has 0 N–H and O–H groups in total. The van der Waals surface area contributed by atoms with E-state index in [9.17, 15) is 0 Å². The summed E-state index contributed by atoms with van der Waals surface area (Å²) in [6.07, 6.45) is 0. The molecule has 0 bridgehead atoms. The standard InChI is InChI=1S/C20H28N2O2S/c1-13-18(21-14(2)25-13)20(4)12-22(5)11-19(20,3)15-8-9-16(23-6)17(10-15)24-7/h8-10H,11-12H2,1-7H3. The lowest BCUT2D eigenvalue weighted by Gasteiger charge is -2.40. The molecule has 0 radical (unpaired) electrons. The molecule has 3 rings (SSSR count). The van der Waals surface area contributed by atoms with Crippen molar-refractivity contribution in [3.8, 4) is 11.5 Å². The van der Waals surface area contributed by atoms with Crippen molar-refractivity contribution < 1.29 is 9.47 Å². The van der Waals surface area contributed by atoms with Crippen LogP contribution in [-0.2, 0) is 10.8 Å². The number of ether oxygens (including phenoxy) is 2. The van der Waals surface area contributed by atoms with Gasteiger partial charge in [0.15, 0.2) is 11.5 Å². The largest absolute Gasteiger partial charge is 0.493 e. The third-order valence-corrected chi connectivity index (χ3v) is 6.72. The number of aryl methyl sites for hydroxylation is 2. The zero-order chi connectivity index (χ0) is 18.4. The van der Waals surface area contributed by atoms with Gasteiger partial charge in [0.05, 0.1) is 24.9 Å². The number of benzene rings is 1. The van der Waals surface area contributed by atoms with Gasteiger partial charge in [-0.1, -0.05) is 19.9 Å². The smallest absolute Gasteiger partial charge is 0.161 e. The van der Waals surface area contributed by atoms with Crippen molar-refractivity contribution in [2.75, 3.05) is 34.4 Å². The number of aromatic nitrogens is 1. The Morgan fingerprint density at radius 2 is 1.68 bits per heavy atom. The molecule has 25 heavy (non-hydrogen) atoms. The average Bonchev–Trinajstić information content (AvgIpc) is 3.03. The number of nitrogens with zero attached hydrogens (tertiary/aromatic N) is 2. The van der Waals surface area contributed by atoms with E-state index < -0.39 is 0 Å². The molecule has 0 aliphatic carbocycles. The number of hydrogen-bond acceptors (Lipinski definition) is 5. The van der Waals surface area contributed by atoms with E-state index in [0.717, 1.165) is 29.6 Å². The van der Waals surface area contributed by atoms with Gasteiger partial charge in [0.25, 0.3) is 0 Å². The first kappa shape index (κ1) is 18.2. The predicted octanol–water partition coefficient (Wildman–Crippen LogP) is 3.94. The summed E-state index contributed by atoms with van der Waals surface area (Å²) in [4.78, 5) is 8.66. The molecular formula is C20H28N2O2S. The molecular weight excluding hydrogens is 332 g/mol. The fourth-order valence-corrected chi connectivity index (χ4v) is 5.40. The Bertz CT molecular complexity index is 788. The summed E-state index contributed by atoms with van der Waals surface area (Å²) in [6, 6.07) is 6.31. The van der Waals surface area contributed by atoms with Crippen molar-refractivity contribution >= 4 is 11.3 Å². The van der Waals surface area contributed by atoms with Crippen molar-refractivity contribution in [2.45, 2.75) is 38.5 Å². The zero-order valence-electron chi connectivity index (χ0n) is 16.3.